The fourth-order valence-electron chi connectivity index (χ4n) is 3.62. The molecule has 1 atom stereocenters. The van der Waals surface area contributed by atoms with E-state index in [1.165, 1.54) is 12.8 Å². The van der Waals surface area contributed by atoms with Gasteiger partial charge in [0.25, 0.3) is 0 Å². The molecule has 5 nitrogen and oxygen atoms in total. The molecule has 4 rings (SSSR count). The Morgan fingerprint density at radius 2 is 1.62 bits per heavy atom. The molecule has 2 saturated carbocycles. The van der Waals surface area contributed by atoms with Crippen LogP contribution in [-0.4, -0.2) is 25.3 Å². The van der Waals surface area contributed by atoms with E-state index in [1.54, 1.807) is 17.1 Å². The number of rotatable bonds is 3. The van der Waals surface area contributed by atoms with Gasteiger partial charge < -0.3 is 0 Å². The van der Waals surface area contributed by atoms with E-state index in [0.717, 1.165) is 35.4 Å². The van der Waals surface area contributed by atoms with Gasteiger partial charge in [-0.25, -0.2) is 0 Å². The molecule has 0 aliphatic heterocycles. The summed E-state index contributed by atoms with van der Waals surface area (Å²) in [5, 5.41) is 8.40. The molecule has 1 unspecified atom stereocenters. The fourth-order valence-corrected chi connectivity index (χ4v) is 3.62. The highest BCUT2D eigenvalue weighted by Crippen LogP contribution is 2.47. The van der Waals surface area contributed by atoms with Crippen LogP contribution in [-0.2, 0) is 18.9 Å². The number of hydrogen-bond donors (Lipinski definition) is 0. The maximum atomic E-state index is 13.1. The third-order valence-electron chi connectivity index (χ3n) is 5.21. The molecule has 0 spiro atoms. The second kappa shape index (κ2) is 5.89. The van der Waals surface area contributed by atoms with Crippen molar-refractivity contribution in [3.05, 3.63) is 47.1 Å². The van der Waals surface area contributed by atoms with E-state index >= 15 is 0 Å². The maximum Gasteiger partial charge on any atom is 0.185 e. The number of carbonyl (C=O) groups is 1. The van der Waals surface area contributed by atoms with Crippen LogP contribution in [0.1, 0.15) is 37.1 Å². The van der Waals surface area contributed by atoms with Gasteiger partial charge in [-0.3, -0.25) is 14.2 Å². The Labute approximate surface area is 141 Å². The SMILES string of the molecule is Cn1nccc1C=C1CCC(C2CC2)C(=Cc2ccnn2C)C1=O. The van der Waals surface area contributed by atoms with Gasteiger partial charge in [-0.05, 0) is 61.8 Å². The molecule has 0 radical (unpaired) electrons. The molecule has 0 saturated heterocycles. The van der Waals surface area contributed by atoms with Gasteiger partial charge in [0.15, 0.2) is 5.78 Å². The lowest BCUT2D eigenvalue weighted by molar-refractivity contribution is -0.113. The average molecular weight is 322 g/mol. The maximum absolute atomic E-state index is 13.1. The highest BCUT2D eigenvalue weighted by Gasteiger charge is 2.39. The Balaban J connectivity index is 1.71. The first kappa shape index (κ1) is 15.1. The summed E-state index contributed by atoms with van der Waals surface area (Å²) in [4.78, 5) is 13.1. The summed E-state index contributed by atoms with van der Waals surface area (Å²) in [5.41, 5.74) is 3.82. The molecule has 2 fully saturated rings. The quantitative estimate of drug-likeness (QED) is 0.816. The standard InChI is InChI=1S/C19H22N4O/c1-22-15(7-9-20-22)11-14-5-6-17(13-3-4-13)18(19(14)24)12-16-8-10-21-23(16)2/h7-13,17H,3-6H2,1-2H3. The molecule has 0 bridgehead atoms. The lowest BCUT2D eigenvalue weighted by atomic mass is 9.77. The Morgan fingerprint density at radius 1 is 1.00 bits per heavy atom. The van der Waals surface area contributed by atoms with Crippen molar-refractivity contribution in [1.82, 2.24) is 19.6 Å². The third kappa shape index (κ3) is 2.75. The van der Waals surface area contributed by atoms with E-state index in [-0.39, 0.29) is 5.78 Å². The Bertz CT molecular complexity index is 835. The number of allylic oxidation sites excluding steroid dienone is 2. The summed E-state index contributed by atoms with van der Waals surface area (Å²) in [6.45, 7) is 0. The van der Waals surface area contributed by atoms with Gasteiger partial charge in [0.2, 0.25) is 0 Å². The molecule has 124 valence electrons. The molecular formula is C19H22N4O. The largest absolute Gasteiger partial charge is 0.289 e. The number of ketones is 1. The molecule has 5 heteroatoms. The third-order valence-corrected chi connectivity index (χ3v) is 5.21. The van der Waals surface area contributed by atoms with Crippen molar-refractivity contribution in [3.63, 3.8) is 0 Å². The molecule has 2 aromatic rings. The summed E-state index contributed by atoms with van der Waals surface area (Å²) in [7, 11) is 3.82. The second-order valence-electron chi connectivity index (χ2n) is 6.84. The zero-order valence-electron chi connectivity index (χ0n) is 14.1. The van der Waals surface area contributed by atoms with Crippen LogP contribution in [0.4, 0.5) is 0 Å². The van der Waals surface area contributed by atoms with E-state index < -0.39 is 0 Å². The second-order valence-corrected chi connectivity index (χ2v) is 6.84. The van der Waals surface area contributed by atoms with Gasteiger partial charge in [-0.2, -0.15) is 10.2 Å². The predicted octanol–water partition coefficient (Wildman–Crippen LogP) is 3.01. The molecule has 2 aromatic heterocycles. The van der Waals surface area contributed by atoms with Crippen molar-refractivity contribution in [2.45, 2.75) is 25.7 Å². The smallest absolute Gasteiger partial charge is 0.185 e. The summed E-state index contributed by atoms with van der Waals surface area (Å²) in [6.07, 6.45) is 12.0. The van der Waals surface area contributed by atoms with E-state index in [9.17, 15) is 4.79 Å². The molecular weight excluding hydrogens is 300 g/mol. The van der Waals surface area contributed by atoms with Crippen LogP contribution in [0.25, 0.3) is 12.2 Å². The zero-order valence-corrected chi connectivity index (χ0v) is 14.1. The highest BCUT2D eigenvalue weighted by atomic mass is 16.1. The first-order valence-electron chi connectivity index (χ1n) is 8.56. The Morgan fingerprint density at radius 3 is 2.17 bits per heavy atom. The van der Waals surface area contributed by atoms with Crippen LogP contribution >= 0.6 is 0 Å². The molecule has 2 heterocycles. The van der Waals surface area contributed by atoms with Crippen molar-refractivity contribution >= 4 is 17.9 Å². The predicted molar refractivity (Wildman–Crippen MR) is 92.8 cm³/mol. The van der Waals surface area contributed by atoms with E-state index in [1.807, 2.05) is 37.0 Å². The fraction of sp³-hybridized carbons (Fsp3) is 0.421. The van der Waals surface area contributed by atoms with Gasteiger partial charge in [0.05, 0.1) is 11.4 Å². The van der Waals surface area contributed by atoms with Gasteiger partial charge in [-0.15, -0.1) is 0 Å². The number of aromatic nitrogens is 4. The number of nitrogens with zero attached hydrogens (tertiary/aromatic N) is 4. The summed E-state index contributed by atoms with van der Waals surface area (Å²) in [5.74, 6) is 1.28. The molecule has 0 N–H and O–H groups in total. The minimum atomic E-state index is 0.195. The summed E-state index contributed by atoms with van der Waals surface area (Å²) in [6, 6.07) is 3.90. The lowest BCUT2D eigenvalue weighted by Crippen LogP contribution is -2.23. The van der Waals surface area contributed by atoms with Crippen LogP contribution in [0.3, 0.4) is 0 Å². The van der Waals surface area contributed by atoms with Crippen LogP contribution in [0.2, 0.25) is 0 Å². The van der Waals surface area contributed by atoms with Gasteiger partial charge in [-0.1, -0.05) is 0 Å². The normalized spacial score (nSPS) is 24.9. The first-order chi connectivity index (χ1) is 11.6. The Kier molecular flexibility index (Phi) is 3.71. The van der Waals surface area contributed by atoms with Crippen LogP contribution in [0, 0.1) is 11.8 Å². The van der Waals surface area contributed by atoms with Crippen molar-refractivity contribution in [3.8, 4) is 0 Å². The molecule has 0 amide bonds. The molecule has 24 heavy (non-hydrogen) atoms. The zero-order chi connectivity index (χ0) is 16.7. The van der Waals surface area contributed by atoms with E-state index in [2.05, 4.69) is 16.3 Å². The lowest BCUT2D eigenvalue weighted by Gasteiger charge is -2.26. The van der Waals surface area contributed by atoms with E-state index in [4.69, 9.17) is 0 Å². The van der Waals surface area contributed by atoms with Crippen molar-refractivity contribution in [2.75, 3.05) is 0 Å². The number of Topliss-reactive ketones (excluding diaryl/α,β-unsaturated/α-hetero) is 1. The molecule has 2 aliphatic rings. The Hall–Kier alpha value is -2.43. The minimum absolute atomic E-state index is 0.195. The average Bonchev–Trinajstić information content (AvgIpc) is 3.21. The summed E-state index contributed by atoms with van der Waals surface area (Å²) >= 11 is 0. The minimum Gasteiger partial charge on any atom is -0.289 e. The van der Waals surface area contributed by atoms with E-state index in [0.29, 0.717) is 11.8 Å². The van der Waals surface area contributed by atoms with Gasteiger partial charge >= 0.3 is 0 Å². The highest BCUT2D eigenvalue weighted by molar-refractivity contribution is 6.14. The molecule has 2 aliphatic carbocycles. The molecule has 0 aromatic carbocycles. The van der Waals surface area contributed by atoms with Gasteiger partial charge in [0.1, 0.15) is 0 Å². The van der Waals surface area contributed by atoms with Crippen molar-refractivity contribution in [2.24, 2.45) is 25.9 Å². The monoisotopic (exact) mass is 322 g/mol. The van der Waals surface area contributed by atoms with Crippen LogP contribution < -0.4 is 0 Å². The topological polar surface area (TPSA) is 52.7 Å². The van der Waals surface area contributed by atoms with Gasteiger partial charge in [0, 0.05) is 37.6 Å². The van der Waals surface area contributed by atoms with Crippen molar-refractivity contribution < 1.29 is 4.79 Å². The van der Waals surface area contributed by atoms with Crippen LogP contribution in [0.5, 0.6) is 0 Å². The first-order valence-corrected chi connectivity index (χ1v) is 8.56. The number of carbonyl (C=O) groups excluding carboxylic acids is 1. The van der Waals surface area contributed by atoms with Crippen LogP contribution in [0.15, 0.2) is 35.7 Å². The number of aryl methyl sites for hydroxylation is 2. The number of hydrogen-bond acceptors (Lipinski definition) is 3. The summed E-state index contributed by atoms with van der Waals surface area (Å²) < 4.78 is 3.63. The van der Waals surface area contributed by atoms with Crippen molar-refractivity contribution in [1.29, 1.82) is 0 Å².